The summed E-state index contributed by atoms with van der Waals surface area (Å²) >= 11 is 0. The second kappa shape index (κ2) is 7.67. The summed E-state index contributed by atoms with van der Waals surface area (Å²) in [6, 6.07) is 5.00. The van der Waals surface area contributed by atoms with Crippen molar-refractivity contribution in [3.05, 3.63) is 23.8 Å². The summed E-state index contributed by atoms with van der Waals surface area (Å²) < 4.78 is 10.5. The number of carbonyl (C=O) groups is 2. The Balaban J connectivity index is 2.71. The maximum atomic E-state index is 11.8. The molecule has 0 aliphatic heterocycles. The van der Waals surface area contributed by atoms with E-state index in [2.05, 4.69) is 5.32 Å². The number of nitrogens with one attached hydrogen (secondary N) is 1. The molecule has 1 aromatic rings. The van der Waals surface area contributed by atoms with Crippen LogP contribution in [0.15, 0.2) is 18.2 Å². The molecule has 5 heteroatoms. The number of ketones is 1. The van der Waals surface area contributed by atoms with E-state index >= 15 is 0 Å². The van der Waals surface area contributed by atoms with Crippen molar-refractivity contribution < 1.29 is 19.1 Å². The van der Waals surface area contributed by atoms with E-state index < -0.39 is 0 Å². The highest BCUT2D eigenvalue weighted by atomic mass is 16.5. The van der Waals surface area contributed by atoms with Crippen LogP contribution in [0.4, 0.5) is 0 Å². The van der Waals surface area contributed by atoms with Crippen LogP contribution in [0.25, 0.3) is 0 Å². The summed E-state index contributed by atoms with van der Waals surface area (Å²) in [5.41, 5.74) is 0.402. The predicted octanol–water partition coefficient (Wildman–Crippen LogP) is 2.44. The standard InChI is InChI=1S/C16H23NO4/c1-10(2)11(3)17-16(19)9-21-15-7-6-13(20-5)8-14(15)12(4)18/h6-8,10-11H,9H2,1-5H3,(H,17,19). The number of rotatable bonds is 7. The third-order valence-corrected chi connectivity index (χ3v) is 3.31. The van der Waals surface area contributed by atoms with E-state index in [4.69, 9.17) is 9.47 Å². The van der Waals surface area contributed by atoms with E-state index in [0.29, 0.717) is 23.0 Å². The fraction of sp³-hybridized carbons (Fsp3) is 0.500. The zero-order valence-corrected chi connectivity index (χ0v) is 13.2. The molecular formula is C16H23NO4. The van der Waals surface area contributed by atoms with E-state index in [1.807, 2.05) is 20.8 Å². The molecule has 5 nitrogen and oxygen atoms in total. The molecule has 0 bridgehead atoms. The molecule has 1 aromatic carbocycles. The monoisotopic (exact) mass is 293 g/mol. The van der Waals surface area contributed by atoms with Crippen LogP contribution in [0.5, 0.6) is 11.5 Å². The zero-order chi connectivity index (χ0) is 16.0. The minimum absolute atomic E-state index is 0.0734. The number of methoxy groups -OCH3 is 1. The van der Waals surface area contributed by atoms with E-state index in [9.17, 15) is 9.59 Å². The van der Waals surface area contributed by atoms with Gasteiger partial charge in [-0.25, -0.2) is 0 Å². The molecule has 1 rings (SSSR count). The first-order valence-electron chi connectivity index (χ1n) is 6.96. The molecule has 0 aliphatic rings. The van der Waals surface area contributed by atoms with Crippen LogP contribution < -0.4 is 14.8 Å². The Hall–Kier alpha value is -2.04. The van der Waals surface area contributed by atoms with Crippen molar-refractivity contribution in [1.82, 2.24) is 5.32 Å². The van der Waals surface area contributed by atoms with Gasteiger partial charge in [0.25, 0.3) is 5.91 Å². The zero-order valence-electron chi connectivity index (χ0n) is 13.2. The molecule has 116 valence electrons. The summed E-state index contributed by atoms with van der Waals surface area (Å²) in [6.45, 7) is 7.33. The van der Waals surface area contributed by atoms with Gasteiger partial charge in [0.15, 0.2) is 12.4 Å². The molecular weight excluding hydrogens is 270 g/mol. The van der Waals surface area contributed by atoms with Gasteiger partial charge in [-0.1, -0.05) is 13.8 Å². The number of hydrogen-bond donors (Lipinski definition) is 1. The minimum Gasteiger partial charge on any atom is -0.497 e. The molecule has 21 heavy (non-hydrogen) atoms. The molecule has 0 radical (unpaired) electrons. The van der Waals surface area contributed by atoms with Gasteiger partial charge in [-0.05, 0) is 38.0 Å². The van der Waals surface area contributed by atoms with Crippen LogP contribution in [-0.4, -0.2) is 31.4 Å². The lowest BCUT2D eigenvalue weighted by Gasteiger charge is -2.18. The van der Waals surface area contributed by atoms with Crippen molar-refractivity contribution in [2.24, 2.45) is 5.92 Å². The van der Waals surface area contributed by atoms with Crippen LogP contribution in [0.1, 0.15) is 38.1 Å². The van der Waals surface area contributed by atoms with E-state index in [0.717, 1.165) is 0 Å². The van der Waals surface area contributed by atoms with Gasteiger partial charge < -0.3 is 14.8 Å². The number of carbonyl (C=O) groups excluding carboxylic acids is 2. The van der Waals surface area contributed by atoms with Gasteiger partial charge in [-0.15, -0.1) is 0 Å². The lowest BCUT2D eigenvalue weighted by molar-refractivity contribution is -0.124. The minimum atomic E-state index is -0.207. The van der Waals surface area contributed by atoms with E-state index in [1.54, 1.807) is 18.2 Å². The lowest BCUT2D eigenvalue weighted by atomic mass is 10.1. The second-order valence-corrected chi connectivity index (χ2v) is 5.31. The Morgan fingerprint density at radius 1 is 1.24 bits per heavy atom. The van der Waals surface area contributed by atoms with Crippen molar-refractivity contribution in [2.45, 2.75) is 33.7 Å². The quantitative estimate of drug-likeness (QED) is 0.784. The van der Waals surface area contributed by atoms with Crippen molar-refractivity contribution >= 4 is 11.7 Å². The fourth-order valence-electron chi connectivity index (χ4n) is 1.64. The average molecular weight is 293 g/mol. The molecule has 0 aromatic heterocycles. The summed E-state index contributed by atoms with van der Waals surface area (Å²) in [7, 11) is 1.53. The van der Waals surface area contributed by atoms with Gasteiger partial charge in [0.2, 0.25) is 0 Å². The number of benzene rings is 1. The van der Waals surface area contributed by atoms with Crippen LogP contribution >= 0.6 is 0 Å². The lowest BCUT2D eigenvalue weighted by Crippen LogP contribution is -2.39. The van der Waals surface area contributed by atoms with E-state index in [1.165, 1.54) is 14.0 Å². The number of amides is 1. The second-order valence-electron chi connectivity index (χ2n) is 5.31. The Bertz CT molecular complexity index is 511. The topological polar surface area (TPSA) is 64.6 Å². The third kappa shape index (κ3) is 5.10. The molecule has 0 heterocycles. The molecule has 1 amide bonds. The van der Waals surface area contributed by atoms with Gasteiger partial charge in [-0.3, -0.25) is 9.59 Å². The smallest absolute Gasteiger partial charge is 0.258 e. The van der Waals surface area contributed by atoms with Gasteiger partial charge in [0, 0.05) is 6.04 Å². The average Bonchev–Trinajstić information content (AvgIpc) is 2.44. The van der Waals surface area contributed by atoms with Crippen molar-refractivity contribution in [3.8, 4) is 11.5 Å². The van der Waals surface area contributed by atoms with Crippen LogP contribution in [0.3, 0.4) is 0 Å². The summed E-state index contributed by atoms with van der Waals surface area (Å²) in [5.74, 6) is 0.963. The molecule has 1 atom stereocenters. The molecule has 0 saturated heterocycles. The molecule has 0 saturated carbocycles. The van der Waals surface area contributed by atoms with Crippen LogP contribution in [-0.2, 0) is 4.79 Å². The molecule has 0 fully saturated rings. The van der Waals surface area contributed by atoms with Crippen molar-refractivity contribution in [3.63, 3.8) is 0 Å². The SMILES string of the molecule is COc1ccc(OCC(=O)NC(C)C(C)C)c(C(C)=O)c1. The largest absolute Gasteiger partial charge is 0.497 e. The normalized spacial score (nSPS) is 11.9. The molecule has 0 aliphatic carbocycles. The van der Waals surface area contributed by atoms with E-state index in [-0.39, 0.29) is 24.3 Å². The molecule has 1 unspecified atom stereocenters. The first-order chi connectivity index (χ1) is 9.85. The Labute approximate surface area is 125 Å². The third-order valence-electron chi connectivity index (χ3n) is 3.31. The first-order valence-corrected chi connectivity index (χ1v) is 6.96. The summed E-state index contributed by atoms with van der Waals surface area (Å²) in [5, 5.41) is 2.85. The highest BCUT2D eigenvalue weighted by Gasteiger charge is 2.14. The van der Waals surface area contributed by atoms with Gasteiger partial charge >= 0.3 is 0 Å². The number of ether oxygens (including phenoxy) is 2. The summed E-state index contributed by atoms with van der Waals surface area (Å²) in [4.78, 5) is 23.4. The van der Waals surface area contributed by atoms with Crippen LogP contribution in [0.2, 0.25) is 0 Å². The Morgan fingerprint density at radius 3 is 2.43 bits per heavy atom. The van der Waals surface area contributed by atoms with Crippen molar-refractivity contribution in [1.29, 1.82) is 0 Å². The maximum absolute atomic E-state index is 11.8. The maximum Gasteiger partial charge on any atom is 0.258 e. The predicted molar refractivity (Wildman–Crippen MR) is 80.9 cm³/mol. The number of hydrogen-bond acceptors (Lipinski definition) is 4. The van der Waals surface area contributed by atoms with Gasteiger partial charge in [0.05, 0.1) is 12.7 Å². The summed E-state index contributed by atoms with van der Waals surface area (Å²) in [6.07, 6.45) is 0. The molecule has 0 spiro atoms. The van der Waals surface area contributed by atoms with Gasteiger partial charge in [-0.2, -0.15) is 0 Å². The van der Waals surface area contributed by atoms with Crippen molar-refractivity contribution in [2.75, 3.05) is 13.7 Å². The number of Topliss-reactive ketones (excluding diaryl/α,β-unsaturated/α-hetero) is 1. The van der Waals surface area contributed by atoms with Crippen LogP contribution in [0, 0.1) is 5.92 Å². The highest BCUT2D eigenvalue weighted by Crippen LogP contribution is 2.24. The Morgan fingerprint density at radius 2 is 1.90 bits per heavy atom. The molecule has 1 N–H and O–H groups in total. The fourth-order valence-corrected chi connectivity index (χ4v) is 1.64. The first kappa shape index (κ1) is 17.0. The highest BCUT2D eigenvalue weighted by molar-refractivity contribution is 5.97. The Kier molecular flexibility index (Phi) is 6.21. The van der Waals surface area contributed by atoms with Gasteiger partial charge in [0.1, 0.15) is 11.5 Å².